The molecule has 4 aromatic rings. The second kappa shape index (κ2) is 6.51. The Bertz CT molecular complexity index is 1010. The first kappa shape index (κ1) is 15.6. The van der Waals surface area contributed by atoms with Crippen molar-refractivity contribution in [2.45, 2.75) is 0 Å². The molecule has 3 nitrogen and oxygen atoms in total. The summed E-state index contributed by atoms with van der Waals surface area (Å²) in [5, 5.41) is 7.11. The zero-order chi connectivity index (χ0) is 16.5. The van der Waals surface area contributed by atoms with Gasteiger partial charge in [-0.3, -0.25) is 0 Å². The monoisotopic (exact) mass is 415 g/mol. The molecule has 0 unspecified atom stereocenters. The Kier molecular flexibility index (Phi) is 4.22. The number of rotatable bonds is 3. The summed E-state index contributed by atoms with van der Waals surface area (Å²) in [4.78, 5) is 9.77. The molecule has 1 N–H and O–H groups in total. The Hall–Kier alpha value is -1.95. The van der Waals surface area contributed by atoms with E-state index in [0.29, 0.717) is 5.02 Å². The first-order chi connectivity index (χ1) is 11.7. The van der Waals surface area contributed by atoms with Crippen LogP contribution in [0.15, 0.2) is 64.7 Å². The van der Waals surface area contributed by atoms with Gasteiger partial charge in [0.25, 0.3) is 0 Å². The molecule has 2 heterocycles. The van der Waals surface area contributed by atoms with Crippen LogP contribution in [-0.2, 0) is 0 Å². The van der Waals surface area contributed by atoms with E-state index in [-0.39, 0.29) is 0 Å². The fraction of sp³-hybridized carbons (Fsp3) is 0. The van der Waals surface area contributed by atoms with E-state index in [0.717, 1.165) is 37.3 Å². The van der Waals surface area contributed by atoms with Crippen LogP contribution < -0.4 is 5.32 Å². The van der Waals surface area contributed by atoms with Gasteiger partial charge < -0.3 is 5.32 Å². The smallest absolute Gasteiger partial charge is 0.143 e. The fourth-order valence-corrected chi connectivity index (χ4v) is 3.87. The lowest BCUT2D eigenvalue weighted by Crippen LogP contribution is -1.96. The number of hydrogen-bond acceptors (Lipinski definition) is 4. The molecule has 118 valence electrons. The molecule has 2 aromatic heterocycles. The predicted molar refractivity (Wildman–Crippen MR) is 105 cm³/mol. The van der Waals surface area contributed by atoms with Crippen molar-refractivity contribution >= 4 is 60.6 Å². The average molecular weight is 417 g/mol. The number of benzene rings is 2. The van der Waals surface area contributed by atoms with Gasteiger partial charge in [0.15, 0.2) is 0 Å². The first-order valence-corrected chi connectivity index (χ1v) is 9.27. The van der Waals surface area contributed by atoms with E-state index in [1.807, 2.05) is 36.4 Å². The van der Waals surface area contributed by atoms with Crippen molar-refractivity contribution in [3.8, 4) is 11.1 Å². The molecule has 0 amide bonds. The van der Waals surface area contributed by atoms with E-state index in [9.17, 15) is 0 Å². The molecule has 0 spiro atoms. The molecule has 0 radical (unpaired) electrons. The highest BCUT2D eigenvalue weighted by Crippen LogP contribution is 2.38. The molecule has 0 saturated heterocycles. The number of fused-ring (bicyclic) bond motifs is 1. The zero-order valence-electron chi connectivity index (χ0n) is 12.3. The second-order valence-corrected chi connectivity index (χ2v) is 7.34. The highest BCUT2D eigenvalue weighted by atomic mass is 79.9. The van der Waals surface area contributed by atoms with E-state index in [1.165, 1.54) is 0 Å². The first-order valence-electron chi connectivity index (χ1n) is 7.22. The quantitative estimate of drug-likeness (QED) is 0.413. The Balaban J connectivity index is 1.86. The summed E-state index contributed by atoms with van der Waals surface area (Å²) in [6.07, 6.45) is 1.57. The minimum Gasteiger partial charge on any atom is -0.338 e. The molecular weight excluding hydrogens is 406 g/mol. The third-order valence-corrected chi connectivity index (χ3v) is 5.40. The summed E-state index contributed by atoms with van der Waals surface area (Å²) in [6, 6.07) is 15.9. The third kappa shape index (κ3) is 2.90. The maximum atomic E-state index is 6.26. The molecule has 2 aromatic carbocycles. The van der Waals surface area contributed by atoms with Gasteiger partial charge in [-0.05, 0) is 29.8 Å². The SMILES string of the molecule is Clc1ccccc1Nc1ncnc2scc(-c3ccc(Br)cc3)c12. The summed E-state index contributed by atoms with van der Waals surface area (Å²) in [7, 11) is 0. The average Bonchev–Trinajstić information content (AvgIpc) is 3.03. The minimum atomic E-state index is 0.657. The Morgan fingerprint density at radius 1 is 1.00 bits per heavy atom. The van der Waals surface area contributed by atoms with Crippen LogP contribution in [0.3, 0.4) is 0 Å². The van der Waals surface area contributed by atoms with E-state index in [2.05, 4.69) is 48.7 Å². The topological polar surface area (TPSA) is 37.8 Å². The van der Waals surface area contributed by atoms with Crippen molar-refractivity contribution in [1.82, 2.24) is 9.97 Å². The van der Waals surface area contributed by atoms with Crippen LogP contribution in [0.2, 0.25) is 5.02 Å². The van der Waals surface area contributed by atoms with Gasteiger partial charge in [-0.2, -0.15) is 0 Å². The van der Waals surface area contributed by atoms with Crippen LogP contribution >= 0.6 is 38.9 Å². The Labute approximate surface area is 156 Å². The number of thiophene rings is 1. The van der Waals surface area contributed by atoms with E-state index in [4.69, 9.17) is 11.6 Å². The van der Waals surface area contributed by atoms with Gasteiger partial charge in [-0.25, -0.2) is 9.97 Å². The molecule has 0 bridgehead atoms. The second-order valence-electron chi connectivity index (χ2n) is 5.16. The maximum Gasteiger partial charge on any atom is 0.143 e. The van der Waals surface area contributed by atoms with E-state index in [1.54, 1.807) is 17.7 Å². The Morgan fingerprint density at radius 3 is 2.58 bits per heavy atom. The van der Waals surface area contributed by atoms with Gasteiger partial charge >= 0.3 is 0 Å². The molecule has 6 heteroatoms. The van der Waals surface area contributed by atoms with Crippen molar-refractivity contribution < 1.29 is 0 Å². The summed E-state index contributed by atoms with van der Waals surface area (Å²) in [6.45, 7) is 0. The lowest BCUT2D eigenvalue weighted by atomic mass is 10.1. The maximum absolute atomic E-state index is 6.26. The highest BCUT2D eigenvalue weighted by Gasteiger charge is 2.14. The highest BCUT2D eigenvalue weighted by molar-refractivity contribution is 9.10. The minimum absolute atomic E-state index is 0.657. The molecule has 0 saturated carbocycles. The van der Waals surface area contributed by atoms with Gasteiger partial charge in [0.2, 0.25) is 0 Å². The van der Waals surface area contributed by atoms with Gasteiger partial charge in [0.05, 0.1) is 16.1 Å². The molecule has 0 atom stereocenters. The summed E-state index contributed by atoms with van der Waals surface area (Å²) < 4.78 is 1.05. The van der Waals surface area contributed by atoms with Crippen LogP contribution in [0.5, 0.6) is 0 Å². The number of halogens is 2. The lowest BCUT2D eigenvalue weighted by Gasteiger charge is -2.09. The number of anilines is 2. The largest absolute Gasteiger partial charge is 0.338 e. The zero-order valence-corrected chi connectivity index (χ0v) is 15.5. The molecule has 0 aliphatic rings. The number of hydrogen-bond donors (Lipinski definition) is 1. The standard InChI is InChI=1S/C18H11BrClN3S/c19-12-7-5-11(6-8-12)13-9-24-18-16(13)17(21-10-22-18)23-15-4-2-1-3-14(15)20/h1-10H,(H,21,22,23). The molecule has 24 heavy (non-hydrogen) atoms. The summed E-state index contributed by atoms with van der Waals surface area (Å²) in [5.74, 6) is 0.757. The van der Waals surface area contributed by atoms with Crippen molar-refractivity contribution in [3.05, 3.63) is 69.7 Å². The lowest BCUT2D eigenvalue weighted by molar-refractivity contribution is 1.23. The molecule has 0 aliphatic carbocycles. The molecule has 0 aliphatic heterocycles. The normalized spacial score (nSPS) is 10.9. The van der Waals surface area contributed by atoms with Crippen LogP contribution in [-0.4, -0.2) is 9.97 Å². The van der Waals surface area contributed by atoms with Crippen LogP contribution in [0.25, 0.3) is 21.3 Å². The molecular formula is C18H11BrClN3S. The number of para-hydroxylation sites is 1. The van der Waals surface area contributed by atoms with E-state index < -0.39 is 0 Å². The summed E-state index contributed by atoms with van der Waals surface area (Å²) >= 11 is 11.3. The molecule has 4 rings (SSSR count). The van der Waals surface area contributed by atoms with Crippen molar-refractivity contribution in [1.29, 1.82) is 0 Å². The summed E-state index contributed by atoms with van der Waals surface area (Å²) in [5.41, 5.74) is 3.06. The third-order valence-electron chi connectivity index (χ3n) is 3.65. The fourth-order valence-electron chi connectivity index (χ4n) is 2.50. The van der Waals surface area contributed by atoms with Gasteiger partial charge in [0.1, 0.15) is 17.0 Å². The van der Waals surface area contributed by atoms with Crippen molar-refractivity contribution in [3.63, 3.8) is 0 Å². The number of nitrogens with zero attached hydrogens (tertiary/aromatic N) is 2. The van der Waals surface area contributed by atoms with Crippen LogP contribution in [0.1, 0.15) is 0 Å². The van der Waals surface area contributed by atoms with Crippen LogP contribution in [0.4, 0.5) is 11.5 Å². The van der Waals surface area contributed by atoms with Crippen LogP contribution in [0, 0.1) is 0 Å². The van der Waals surface area contributed by atoms with Gasteiger partial charge in [-0.15, -0.1) is 11.3 Å². The number of nitrogens with one attached hydrogen (secondary N) is 1. The van der Waals surface area contributed by atoms with Gasteiger partial charge in [0, 0.05) is 15.4 Å². The Morgan fingerprint density at radius 2 is 1.79 bits per heavy atom. The predicted octanol–water partition coefficient (Wildman–Crippen LogP) is 6.52. The van der Waals surface area contributed by atoms with E-state index >= 15 is 0 Å². The number of aromatic nitrogens is 2. The van der Waals surface area contributed by atoms with Gasteiger partial charge in [-0.1, -0.05) is 51.8 Å². The van der Waals surface area contributed by atoms with Crippen molar-refractivity contribution in [2.75, 3.05) is 5.32 Å². The van der Waals surface area contributed by atoms with Crippen molar-refractivity contribution in [2.24, 2.45) is 0 Å². The molecule has 0 fully saturated rings.